The van der Waals surface area contributed by atoms with Gasteiger partial charge >= 0.3 is 0 Å². The summed E-state index contributed by atoms with van der Waals surface area (Å²) in [5, 5.41) is 0. The molecule has 4 heteroatoms. The minimum Gasteiger partial charge on any atom is -0.493 e. The molecule has 0 radical (unpaired) electrons. The zero-order valence-corrected chi connectivity index (χ0v) is 13.8. The maximum Gasteiger partial charge on any atom is 0.164 e. The first kappa shape index (κ1) is 15.6. The number of rotatable bonds is 5. The first-order valence-electron chi connectivity index (χ1n) is 8.41. The molecule has 1 atom stereocenters. The fraction of sp³-hybridized carbons (Fsp3) is 0.667. The van der Waals surface area contributed by atoms with E-state index < -0.39 is 0 Å². The van der Waals surface area contributed by atoms with Crippen LogP contribution in [0.3, 0.4) is 0 Å². The van der Waals surface area contributed by atoms with Crippen LogP contribution < -0.4 is 15.2 Å². The van der Waals surface area contributed by atoms with Gasteiger partial charge in [-0.15, -0.1) is 0 Å². The Kier molecular flexibility index (Phi) is 4.59. The summed E-state index contributed by atoms with van der Waals surface area (Å²) in [6.45, 7) is 2.76. The van der Waals surface area contributed by atoms with Gasteiger partial charge in [0, 0.05) is 30.6 Å². The molecule has 1 aromatic rings. The van der Waals surface area contributed by atoms with E-state index in [1.165, 1.54) is 18.4 Å². The van der Waals surface area contributed by atoms with Gasteiger partial charge in [-0.05, 0) is 32.4 Å². The number of methoxy groups -OCH3 is 1. The predicted octanol–water partition coefficient (Wildman–Crippen LogP) is 2.55. The Morgan fingerprint density at radius 2 is 2.09 bits per heavy atom. The van der Waals surface area contributed by atoms with E-state index in [4.69, 9.17) is 15.2 Å². The minimum absolute atomic E-state index is 0.0666. The lowest BCUT2D eigenvalue weighted by Crippen LogP contribution is -2.32. The molecule has 2 fully saturated rings. The first-order valence-corrected chi connectivity index (χ1v) is 8.41. The second-order valence-corrected chi connectivity index (χ2v) is 6.82. The summed E-state index contributed by atoms with van der Waals surface area (Å²) in [5.41, 5.74) is 7.45. The summed E-state index contributed by atoms with van der Waals surface area (Å²) in [5.74, 6) is 1.77. The highest BCUT2D eigenvalue weighted by atomic mass is 16.5. The first-order chi connectivity index (χ1) is 10.7. The SMILES string of the molecule is COc1c(OC2CCN(C)C2)cccc1C1(CN)CCCC1. The van der Waals surface area contributed by atoms with Crippen LogP contribution in [0.25, 0.3) is 0 Å². The predicted molar refractivity (Wildman–Crippen MR) is 88.7 cm³/mol. The molecule has 0 aromatic heterocycles. The van der Waals surface area contributed by atoms with Gasteiger partial charge < -0.3 is 20.1 Å². The number of likely N-dealkylation sites (tertiary alicyclic amines) is 1. The Morgan fingerprint density at radius 1 is 1.32 bits per heavy atom. The van der Waals surface area contributed by atoms with Crippen LogP contribution in [0.4, 0.5) is 0 Å². The number of nitrogens with two attached hydrogens (primary N) is 1. The van der Waals surface area contributed by atoms with E-state index in [1.54, 1.807) is 7.11 Å². The maximum atomic E-state index is 6.25. The highest BCUT2D eigenvalue weighted by Gasteiger charge is 2.37. The zero-order valence-electron chi connectivity index (χ0n) is 13.8. The molecule has 0 spiro atoms. The van der Waals surface area contributed by atoms with Gasteiger partial charge in [0.15, 0.2) is 11.5 Å². The smallest absolute Gasteiger partial charge is 0.164 e. The third kappa shape index (κ3) is 2.82. The van der Waals surface area contributed by atoms with Crippen LogP contribution in [0.1, 0.15) is 37.7 Å². The molecule has 2 aliphatic rings. The summed E-state index contributed by atoms with van der Waals surface area (Å²) in [7, 11) is 3.88. The molecule has 1 aliphatic heterocycles. The summed E-state index contributed by atoms with van der Waals surface area (Å²) in [6, 6.07) is 6.28. The van der Waals surface area contributed by atoms with Crippen molar-refractivity contribution < 1.29 is 9.47 Å². The summed E-state index contributed by atoms with van der Waals surface area (Å²) in [4.78, 5) is 2.30. The van der Waals surface area contributed by atoms with Gasteiger partial charge in [0.1, 0.15) is 6.10 Å². The van der Waals surface area contributed by atoms with Crippen LogP contribution >= 0.6 is 0 Å². The Bertz CT molecular complexity index is 512. The van der Waals surface area contributed by atoms with Crippen molar-refractivity contribution in [1.82, 2.24) is 4.90 Å². The lowest BCUT2D eigenvalue weighted by atomic mass is 9.78. The second-order valence-electron chi connectivity index (χ2n) is 6.82. The van der Waals surface area contributed by atoms with E-state index in [0.717, 1.165) is 43.9 Å². The second kappa shape index (κ2) is 6.47. The van der Waals surface area contributed by atoms with Crippen LogP contribution in [-0.4, -0.2) is 44.8 Å². The van der Waals surface area contributed by atoms with Crippen molar-refractivity contribution in [2.75, 3.05) is 33.8 Å². The van der Waals surface area contributed by atoms with Crippen LogP contribution in [0.2, 0.25) is 0 Å². The highest BCUT2D eigenvalue weighted by Crippen LogP contribution is 2.47. The van der Waals surface area contributed by atoms with Crippen LogP contribution in [0.5, 0.6) is 11.5 Å². The third-order valence-corrected chi connectivity index (χ3v) is 5.35. The number of ether oxygens (including phenoxy) is 2. The molecule has 0 amide bonds. The Hall–Kier alpha value is -1.26. The summed E-state index contributed by atoms with van der Waals surface area (Å²) < 4.78 is 12.0. The van der Waals surface area contributed by atoms with Crippen molar-refractivity contribution in [3.05, 3.63) is 23.8 Å². The monoisotopic (exact) mass is 304 g/mol. The van der Waals surface area contributed by atoms with Crippen molar-refractivity contribution in [3.8, 4) is 11.5 Å². The molecule has 2 N–H and O–H groups in total. The van der Waals surface area contributed by atoms with Gasteiger partial charge in [-0.2, -0.15) is 0 Å². The van der Waals surface area contributed by atoms with Crippen molar-refractivity contribution in [2.45, 2.75) is 43.6 Å². The third-order valence-electron chi connectivity index (χ3n) is 5.35. The molecular formula is C18H28N2O2. The molecule has 1 saturated carbocycles. The van der Waals surface area contributed by atoms with Gasteiger partial charge in [0.05, 0.1) is 7.11 Å². The van der Waals surface area contributed by atoms with Crippen molar-refractivity contribution in [3.63, 3.8) is 0 Å². The molecular weight excluding hydrogens is 276 g/mol. The number of benzene rings is 1. The molecule has 122 valence electrons. The van der Waals surface area contributed by atoms with Gasteiger partial charge in [-0.1, -0.05) is 25.0 Å². The molecule has 1 unspecified atom stereocenters. The maximum absolute atomic E-state index is 6.25. The van der Waals surface area contributed by atoms with Gasteiger partial charge in [0.25, 0.3) is 0 Å². The molecule has 1 saturated heterocycles. The average Bonchev–Trinajstić information content (AvgIpc) is 3.17. The van der Waals surface area contributed by atoms with E-state index in [2.05, 4.69) is 24.1 Å². The zero-order chi connectivity index (χ0) is 15.6. The molecule has 3 rings (SSSR count). The number of likely N-dealkylation sites (N-methyl/N-ethyl adjacent to an activating group) is 1. The van der Waals surface area contributed by atoms with Gasteiger partial charge in [-0.3, -0.25) is 0 Å². The topological polar surface area (TPSA) is 47.7 Å². The lowest BCUT2D eigenvalue weighted by Gasteiger charge is -2.30. The van der Waals surface area contributed by atoms with Crippen molar-refractivity contribution in [2.24, 2.45) is 5.73 Å². The average molecular weight is 304 g/mol. The molecule has 1 heterocycles. The Balaban J connectivity index is 1.90. The molecule has 22 heavy (non-hydrogen) atoms. The fourth-order valence-corrected chi connectivity index (χ4v) is 4.04. The van der Waals surface area contributed by atoms with Crippen molar-refractivity contribution in [1.29, 1.82) is 0 Å². The Labute approximate surface area is 133 Å². The van der Waals surface area contributed by atoms with E-state index in [0.29, 0.717) is 6.54 Å². The highest BCUT2D eigenvalue weighted by molar-refractivity contribution is 5.51. The fourth-order valence-electron chi connectivity index (χ4n) is 4.04. The number of hydrogen-bond acceptors (Lipinski definition) is 4. The summed E-state index contributed by atoms with van der Waals surface area (Å²) in [6.07, 6.45) is 6.13. The lowest BCUT2D eigenvalue weighted by molar-refractivity contribution is 0.198. The number of nitrogens with zero attached hydrogens (tertiary/aromatic N) is 1. The quantitative estimate of drug-likeness (QED) is 0.908. The normalized spacial score (nSPS) is 24.6. The van der Waals surface area contributed by atoms with E-state index in [-0.39, 0.29) is 11.5 Å². The van der Waals surface area contributed by atoms with E-state index in [9.17, 15) is 0 Å². The van der Waals surface area contributed by atoms with Gasteiger partial charge in [0.2, 0.25) is 0 Å². The number of para-hydroxylation sites is 1. The molecule has 1 aromatic carbocycles. The minimum atomic E-state index is 0.0666. The summed E-state index contributed by atoms with van der Waals surface area (Å²) >= 11 is 0. The van der Waals surface area contributed by atoms with Crippen LogP contribution in [-0.2, 0) is 5.41 Å². The Morgan fingerprint density at radius 3 is 2.68 bits per heavy atom. The van der Waals surface area contributed by atoms with E-state index >= 15 is 0 Å². The number of hydrogen-bond donors (Lipinski definition) is 1. The largest absolute Gasteiger partial charge is 0.493 e. The molecule has 0 bridgehead atoms. The van der Waals surface area contributed by atoms with Gasteiger partial charge in [-0.25, -0.2) is 0 Å². The van der Waals surface area contributed by atoms with E-state index in [1.807, 2.05) is 6.07 Å². The van der Waals surface area contributed by atoms with Crippen LogP contribution in [0, 0.1) is 0 Å². The van der Waals surface area contributed by atoms with Crippen molar-refractivity contribution >= 4 is 0 Å². The standard InChI is InChI=1S/C18H28N2O2/c1-20-11-8-14(12-20)22-16-7-5-6-15(17(16)21-2)18(13-19)9-3-4-10-18/h5-7,14H,3-4,8-13,19H2,1-2H3. The molecule has 1 aliphatic carbocycles. The molecule has 4 nitrogen and oxygen atoms in total. The van der Waals surface area contributed by atoms with Crippen LogP contribution in [0.15, 0.2) is 18.2 Å².